The van der Waals surface area contributed by atoms with Crippen molar-refractivity contribution < 1.29 is 34.4 Å². The molecule has 0 unspecified atom stereocenters. The topological polar surface area (TPSA) is 222 Å². The van der Waals surface area contributed by atoms with Crippen LogP contribution in [0.25, 0.3) is 0 Å². The number of primary amides is 1. The monoisotopic (exact) mass is 388 g/mol. The molecule has 6 atom stereocenters. The highest BCUT2D eigenvalue weighted by atomic mass is 16.6. The van der Waals surface area contributed by atoms with E-state index in [0.717, 1.165) is 11.0 Å². The molecule has 9 N–H and O–H groups in total. The number of nitrogens with two attached hydrogens (primary N) is 3. The van der Waals surface area contributed by atoms with E-state index in [-0.39, 0.29) is 31.8 Å². The van der Waals surface area contributed by atoms with Crippen LogP contribution in [0.3, 0.4) is 0 Å². The molecule has 0 aliphatic carbocycles. The predicted octanol–water partition coefficient (Wildman–Crippen LogP) is -4.03. The lowest BCUT2D eigenvalue weighted by Crippen LogP contribution is -2.38. The maximum absolute atomic E-state index is 11.9. The van der Waals surface area contributed by atoms with Gasteiger partial charge in [0.15, 0.2) is 6.23 Å². The van der Waals surface area contributed by atoms with E-state index in [1.54, 1.807) is 0 Å². The normalized spacial score (nSPS) is 27.3. The van der Waals surface area contributed by atoms with Crippen LogP contribution in [0.1, 0.15) is 29.7 Å². The molecular weight excluding hydrogens is 364 g/mol. The van der Waals surface area contributed by atoms with Crippen molar-refractivity contribution in [3.05, 3.63) is 12.2 Å². The van der Waals surface area contributed by atoms with Crippen LogP contribution in [-0.2, 0) is 14.3 Å². The van der Waals surface area contributed by atoms with Crippen LogP contribution in [0.5, 0.6) is 0 Å². The Hall–Kier alpha value is -2.16. The largest absolute Gasteiger partial charge is 0.462 e. The van der Waals surface area contributed by atoms with Gasteiger partial charge in [0.05, 0.1) is 6.10 Å². The summed E-state index contributed by atoms with van der Waals surface area (Å²) in [5.74, 6) is -1.88. The molecule has 27 heavy (non-hydrogen) atoms. The van der Waals surface area contributed by atoms with Gasteiger partial charge in [-0.15, -0.1) is 5.10 Å². The number of nitrogens with zero attached hydrogens (tertiary/aromatic N) is 3. The molecule has 0 saturated carbocycles. The van der Waals surface area contributed by atoms with Gasteiger partial charge in [-0.2, -0.15) is 0 Å². The molecule has 13 heteroatoms. The van der Waals surface area contributed by atoms with E-state index >= 15 is 0 Å². The molecule has 1 aromatic rings. The third-order valence-corrected chi connectivity index (χ3v) is 4.10. The zero-order valence-corrected chi connectivity index (χ0v) is 14.4. The van der Waals surface area contributed by atoms with Gasteiger partial charge in [-0.1, -0.05) is 0 Å². The zero-order chi connectivity index (χ0) is 20.1. The molecule has 1 fully saturated rings. The standard InChI is InChI=1S/C14H24N6O7/c15-3-6(21)1-2-7(16)14(25)26-4-8-9(22)10(23)13(27-8)20-5-18-12(19-20)11(17)24/h5-10,13,21-23H,1-4,15-16H2,(H2,17,24)/t6-,7-,8-,9-,10-,13-/m1/s1. The first-order valence-electron chi connectivity index (χ1n) is 8.27. The van der Waals surface area contributed by atoms with E-state index in [9.17, 15) is 24.9 Å². The second-order valence-electron chi connectivity index (χ2n) is 6.16. The summed E-state index contributed by atoms with van der Waals surface area (Å²) in [5, 5.41) is 33.3. The van der Waals surface area contributed by atoms with Gasteiger partial charge in [0.2, 0.25) is 5.82 Å². The Balaban J connectivity index is 1.88. The van der Waals surface area contributed by atoms with Crippen molar-refractivity contribution in [1.82, 2.24) is 14.8 Å². The average molecular weight is 388 g/mol. The summed E-state index contributed by atoms with van der Waals surface area (Å²) < 4.78 is 11.5. The quantitative estimate of drug-likeness (QED) is 0.223. The predicted molar refractivity (Wildman–Crippen MR) is 87.7 cm³/mol. The summed E-state index contributed by atoms with van der Waals surface area (Å²) in [4.78, 5) is 26.6. The van der Waals surface area contributed by atoms with Crippen molar-refractivity contribution in [2.75, 3.05) is 13.2 Å². The molecule has 1 aliphatic rings. The number of aromatic nitrogens is 3. The van der Waals surface area contributed by atoms with E-state index in [2.05, 4.69) is 10.1 Å². The molecule has 1 amide bonds. The minimum atomic E-state index is -1.40. The number of hydrogen-bond acceptors (Lipinski definition) is 11. The number of carbonyl (C=O) groups excluding carboxylic acids is 2. The number of esters is 1. The summed E-state index contributed by atoms with van der Waals surface area (Å²) in [5.41, 5.74) is 16.0. The number of hydrogen-bond donors (Lipinski definition) is 6. The maximum Gasteiger partial charge on any atom is 0.323 e. The lowest BCUT2D eigenvalue weighted by molar-refractivity contribution is -0.152. The molecule has 1 aromatic heterocycles. The number of ether oxygens (including phenoxy) is 2. The lowest BCUT2D eigenvalue weighted by Gasteiger charge is -2.17. The fourth-order valence-corrected chi connectivity index (χ4v) is 2.47. The highest BCUT2D eigenvalue weighted by Gasteiger charge is 2.45. The molecule has 0 spiro atoms. The number of rotatable bonds is 9. The number of aliphatic hydroxyl groups excluding tert-OH is 3. The molecule has 0 aromatic carbocycles. The van der Waals surface area contributed by atoms with E-state index < -0.39 is 48.6 Å². The van der Waals surface area contributed by atoms with Crippen molar-refractivity contribution in [3.63, 3.8) is 0 Å². The molecule has 0 radical (unpaired) electrons. The summed E-state index contributed by atoms with van der Waals surface area (Å²) in [6.07, 6.45) is -4.18. The first-order chi connectivity index (χ1) is 12.7. The molecule has 1 saturated heterocycles. The number of carbonyl (C=O) groups is 2. The minimum Gasteiger partial charge on any atom is -0.462 e. The number of amides is 1. The second kappa shape index (κ2) is 9.16. The van der Waals surface area contributed by atoms with Gasteiger partial charge in [0.25, 0.3) is 5.91 Å². The summed E-state index contributed by atoms with van der Waals surface area (Å²) in [7, 11) is 0. The SMILES string of the molecule is NC[C@H](O)CC[C@@H](N)C(=O)OC[C@H]1O[C@@H](n2cnc(C(N)=O)n2)[C@H](O)[C@@H]1O. The van der Waals surface area contributed by atoms with E-state index in [4.69, 9.17) is 26.7 Å². The van der Waals surface area contributed by atoms with Crippen LogP contribution in [0.15, 0.2) is 6.33 Å². The van der Waals surface area contributed by atoms with Crippen molar-refractivity contribution >= 4 is 11.9 Å². The smallest absolute Gasteiger partial charge is 0.323 e. The highest BCUT2D eigenvalue weighted by Crippen LogP contribution is 2.29. The second-order valence-corrected chi connectivity index (χ2v) is 6.16. The minimum absolute atomic E-state index is 0.0584. The van der Waals surface area contributed by atoms with Crippen LogP contribution in [0.2, 0.25) is 0 Å². The van der Waals surface area contributed by atoms with Gasteiger partial charge < -0.3 is 42.0 Å². The Bertz CT molecular complexity index is 656. The molecular formula is C14H24N6O7. The van der Waals surface area contributed by atoms with Crippen molar-refractivity contribution in [2.45, 2.75) is 49.5 Å². The zero-order valence-electron chi connectivity index (χ0n) is 14.4. The maximum atomic E-state index is 11.9. The molecule has 2 rings (SSSR count). The fourth-order valence-electron chi connectivity index (χ4n) is 2.47. The van der Waals surface area contributed by atoms with Gasteiger partial charge in [0.1, 0.15) is 37.3 Å². The Labute approximate surface area is 154 Å². The molecule has 2 heterocycles. The van der Waals surface area contributed by atoms with Crippen LogP contribution in [0.4, 0.5) is 0 Å². The molecule has 152 valence electrons. The Morgan fingerprint density at radius 2 is 2.04 bits per heavy atom. The van der Waals surface area contributed by atoms with Gasteiger partial charge >= 0.3 is 5.97 Å². The lowest BCUT2D eigenvalue weighted by atomic mass is 10.1. The Morgan fingerprint density at radius 1 is 1.33 bits per heavy atom. The highest BCUT2D eigenvalue weighted by molar-refractivity contribution is 5.88. The van der Waals surface area contributed by atoms with Crippen molar-refractivity contribution in [2.24, 2.45) is 17.2 Å². The summed E-state index contributed by atoms with van der Waals surface area (Å²) >= 11 is 0. The van der Waals surface area contributed by atoms with Crippen LogP contribution in [0, 0.1) is 0 Å². The average Bonchev–Trinajstić information content (AvgIpc) is 3.24. The Morgan fingerprint density at radius 3 is 2.63 bits per heavy atom. The van der Waals surface area contributed by atoms with Gasteiger partial charge in [-0.25, -0.2) is 9.67 Å². The first kappa shape index (κ1) is 21.1. The van der Waals surface area contributed by atoms with Crippen LogP contribution < -0.4 is 17.2 Å². The van der Waals surface area contributed by atoms with Crippen LogP contribution >= 0.6 is 0 Å². The summed E-state index contributed by atoms with van der Waals surface area (Å²) in [6.45, 7) is -0.305. The third-order valence-electron chi connectivity index (χ3n) is 4.10. The molecule has 1 aliphatic heterocycles. The van der Waals surface area contributed by atoms with E-state index in [1.165, 1.54) is 0 Å². The van der Waals surface area contributed by atoms with Crippen molar-refractivity contribution in [3.8, 4) is 0 Å². The first-order valence-corrected chi connectivity index (χ1v) is 8.27. The summed E-state index contributed by atoms with van der Waals surface area (Å²) in [6, 6.07) is -0.973. The third kappa shape index (κ3) is 5.18. The van der Waals surface area contributed by atoms with Crippen LogP contribution in [-0.4, -0.2) is 85.6 Å². The van der Waals surface area contributed by atoms with Gasteiger partial charge in [-0.3, -0.25) is 9.59 Å². The van der Waals surface area contributed by atoms with E-state index in [0.29, 0.717) is 0 Å². The molecule has 13 nitrogen and oxygen atoms in total. The van der Waals surface area contributed by atoms with Gasteiger partial charge in [-0.05, 0) is 12.8 Å². The van der Waals surface area contributed by atoms with E-state index in [1.807, 2.05) is 0 Å². The number of aliphatic hydroxyl groups is 3. The molecule has 0 bridgehead atoms. The fraction of sp³-hybridized carbons (Fsp3) is 0.714. The Kier molecular flexibility index (Phi) is 7.18. The van der Waals surface area contributed by atoms with Crippen molar-refractivity contribution in [1.29, 1.82) is 0 Å². The van der Waals surface area contributed by atoms with Gasteiger partial charge in [0, 0.05) is 6.54 Å².